The van der Waals surface area contributed by atoms with Gasteiger partial charge in [0.25, 0.3) is 0 Å². The molecule has 2 aromatic carbocycles. The van der Waals surface area contributed by atoms with Gasteiger partial charge in [0.15, 0.2) is 5.56 Å². The van der Waals surface area contributed by atoms with Crippen LogP contribution in [0.1, 0.15) is 57.7 Å². The van der Waals surface area contributed by atoms with Crippen LogP contribution in [0, 0.1) is 13.8 Å². The number of pyridine rings is 1. The van der Waals surface area contributed by atoms with E-state index in [1.165, 1.54) is 28.5 Å². The summed E-state index contributed by atoms with van der Waals surface area (Å²) in [6.45, 7) is 10.4. The molecule has 0 saturated carbocycles. The van der Waals surface area contributed by atoms with E-state index in [0.29, 0.717) is 12.6 Å². The van der Waals surface area contributed by atoms with E-state index in [1.807, 2.05) is 35.8 Å². The summed E-state index contributed by atoms with van der Waals surface area (Å²) in [7, 11) is 0. The Balaban J connectivity index is 1.19. The van der Waals surface area contributed by atoms with Crippen LogP contribution >= 0.6 is 0 Å². The summed E-state index contributed by atoms with van der Waals surface area (Å²) in [6, 6.07) is 17.1. The Labute approximate surface area is 244 Å². The summed E-state index contributed by atoms with van der Waals surface area (Å²) in [5.41, 5.74) is 8.29. The Bertz CT molecular complexity index is 1690. The summed E-state index contributed by atoms with van der Waals surface area (Å²) in [4.78, 5) is 14.3. The maximum atomic E-state index is 11.7. The maximum Gasteiger partial charge on any atom is 0.345 e. The Morgan fingerprint density at radius 2 is 2.02 bits per heavy atom. The van der Waals surface area contributed by atoms with Crippen molar-refractivity contribution in [3.63, 3.8) is 0 Å². The number of hydrogen-bond acceptors (Lipinski definition) is 6. The van der Waals surface area contributed by atoms with Crippen LogP contribution in [0.5, 0.6) is 11.6 Å². The molecule has 1 fully saturated rings. The van der Waals surface area contributed by atoms with Crippen molar-refractivity contribution in [2.45, 2.75) is 59.0 Å². The molecular formula is C33H35N4O5+. The molecular weight excluding hydrogens is 532 g/mol. The van der Waals surface area contributed by atoms with Gasteiger partial charge in [-0.15, -0.1) is 0 Å². The number of benzene rings is 2. The van der Waals surface area contributed by atoms with E-state index >= 15 is 0 Å². The summed E-state index contributed by atoms with van der Waals surface area (Å²) in [5, 5.41) is 13.9. The largest absolute Gasteiger partial charge is 0.488 e. The molecule has 2 aromatic heterocycles. The van der Waals surface area contributed by atoms with Gasteiger partial charge in [-0.05, 0) is 72.7 Å². The fourth-order valence-electron chi connectivity index (χ4n) is 6.64. The van der Waals surface area contributed by atoms with Crippen molar-refractivity contribution in [1.82, 2.24) is 14.7 Å². The number of carbonyl (C=O) groups is 1. The molecule has 216 valence electrons. The highest BCUT2D eigenvalue weighted by Crippen LogP contribution is 2.36. The molecule has 7 rings (SSSR count). The molecule has 0 spiro atoms. The predicted octanol–water partition coefficient (Wildman–Crippen LogP) is 4.78. The predicted molar refractivity (Wildman–Crippen MR) is 155 cm³/mol. The number of aromatic carboxylic acids is 1. The minimum atomic E-state index is -1.07. The van der Waals surface area contributed by atoms with E-state index in [-0.39, 0.29) is 11.4 Å². The number of para-hydroxylation sites is 1. The Morgan fingerprint density at radius 3 is 2.83 bits per heavy atom. The lowest BCUT2D eigenvalue weighted by Crippen LogP contribution is -2.50. The normalized spacial score (nSPS) is 19.5. The van der Waals surface area contributed by atoms with Crippen LogP contribution in [0.3, 0.4) is 0 Å². The van der Waals surface area contributed by atoms with Crippen LogP contribution in [0.15, 0.2) is 54.7 Å². The van der Waals surface area contributed by atoms with Gasteiger partial charge in [-0.25, -0.2) is 4.79 Å². The molecule has 9 nitrogen and oxygen atoms in total. The van der Waals surface area contributed by atoms with E-state index in [4.69, 9.17) is 14.2 Å². The lowest BCUT2D eigenvalue weighted by Gasteiger charge is -2.34. The highest BCUT2D eigenvalue weighted by Gasteiger charge is 2.38. The third kappa shape index (κ3) is 4.44. The lowest BCUT2D eigenvalue weighted by atomic mass is 9.91. The Hall–Kier alpha value is -4.21. The van der Waals surface area contributed by atoms with Crippen molar-refractivity contribution in [2.24, 2.45) is 0 Å². The van der Waals surface area contributed by atoms with Crippen LogP contribution in [0.2, 0.25) is 0 Å². The Kier molecular flexibility index (Phi) is 6.71. The first-order valence-corrected chi connectivity index (χ1v) is 14.6. The second-order valence-corrected chi connectivity index (χ2v) is 11.4. The van der Waals surface area contributed by atoms with Crippen molar-refractivity contribution in [3.05, 3.63) is 88.1 Å². The van der Waals surface area contributed by atoms with Crippen molar-refractivity contribution in [3.8, 4) is 28.7 Å². The number of hydrogen-bond donors (Lipinski definition) is 1. The molecule has 0 aliphatic carbocycles. The quantitative estimate of drug-likeness (QED) is 0.336. The standard InChI is InChI=1S/C33H34N4O5/c1-20-6-4-7-27(29-8-5-9-30-36(29)22(3)42-32-28(33(38)39)16-34-37(30)32)31(20)41-18-24-11-10-23-17-35(25-13-15-40-19-25)14-12-26(23)21(24)2/h4-11,16,22,25H,12-15,17-19H2,1-3H3/p+1. The number of nitrogens with zero attached hydrogens (tertiary/aromatic N) is 4. The Morgan fingerprint density at radius 1 is 1.17 bits per heavy atom. The fraction of sp³-hybridized carbons (Fsp3) is 0.364. The number of carboxylic acids is 1. The molecule has 2 atom stereocenters. The van der Waals surface area contributed by atoms with Crippen molar-refractivity contribution < 1.29 is 28.7 Å². The molecule has 2 unspecified atom stereocenters. The van der Waals surface area contributed by atoms with Crippen LogP contribution < -0.4 is 14.0 Å². The first kappa shape index (κ1) is 26.7. The molecule has 1 N–H and O–H groups in total. The highest BCUT2D eigenvalue weighted by atomic mass is 16.5. The van der Waals surface area contributed by atoms with Gasteiger partial charge in [0, 0.05) is 38.7 Å². The van der Waals surface area contributed by atoms with Gasteiger partial charge in [-0.3, -0.25) is 4.90 Å². The zero-order chi connectivity index (χ0) is 29.0. The van der Waals surface area contributed by atoms with Gasteiger partial charge in [0.2, 0.25) is 6.23 Å². The topological polar surface area (TPSA) is 89.9 Å². The minimum Gasteiger partial charge on any atom is -0.488 e. The van der Waals surface area contributed by atoms with Crippen LogP contribution in [-0.4, -0.2) is 51.6 Å². The molecule has 5 heterocycles. The molecule has 3 aliphatic rings. The molecule has 0 radical (unpaired) electrons. The van der Waals surface area contributed by atoms with Gasteiger partial charge < -0.3 is 19.3 Å². The highest BCUT2D eigenvalue weighted by molar-refractivity contribution is 5.90. The summed E-state index contributed by atoms with van der Waals surface area (Å²) in [5.74, 6) is 0.702. The second-order valence-electron chi connectivity index (χ2n) is 11.4. The summed E-state index contributed by atoms with van der Waals surface area (Å²) in [6.07, 6.45) is 3.05. The van der Waals surface area contributed by atoms with E-state index in [2.05, 4.69) is 48.1 Å². The molecule has 0 bridgehead atoms. The van der Waals surface area contributed by atoms with Gasteiger partial charge in [-0.1, -0.05) is 34.0 Å². The van der Waals surface area contributed by atoms with E-state index in [9.17, 15) is 9.90 Å². The van der Waals surface area contributed by atoms with Gasteiger partial charge in [0.05, 0.1) is 18.4 Å². The first-order chi connectivity index (χ1) is 20.4. The van der Waals surface area contributed by atoms with Crippen molar-refractivity contribution in [1.29, 1.82) is 0 Å². The first-order valence-electron chi connectivity index (χ1n) is 14.6. The minimum absolute atomic E-state index is 0.0405. The van der Waals surface area contributed by atoms with Crippen molar-refractivity contribution >= 4 is 5.97 Å². The fourth-order valence-corrected chi connectivity index (χ4v) is 6.64. The number of aromatic nitrogens is 3. The molecule has 42 heavy (non-hydrogen) atoms. The molecule has 4 aromatic rings. The van der Waals surface area contributed by atoms with Gasteiger partial charge >= 0.3 is 17.7 Å². The smallest absolute Gasteiger partial charge is 0.345 e. The molecule has 9 heteroatoms. The third-order valence-corrected chi connectivity index (χ3v) is 8.94. The van der Waals surface area contributed by atoms with Crippen LogP contribution in [0.4, 0.5) is 0 Å². The van der Waals surface area contributed by atoms with Gasteiger partial charge in [-0.2, -0.15) is 4.57 Å². The second kappa shape index (κ2) is 10.6. The SMILES string of the molecule is Cc1cccc(-c2cccc3[n+]2C(C)Oc2c(C(=O)O)cnn2-3)c1OCc1ccc2c(c1C)CCN(C1CCOC1)C2. The zero-order valence-corrected chi connectivity index (χ0v) is 24.2. The van der Waals surface area contributed by atoms with Gasteiger partial charge in [0.1, 0.15) is 18.1 Å². The van der Waals surface area contributed by atoms with E-state index in [1.54, 1.807) is 4.68 Å². The molecule has 1 saturated heterocycles. The van der Waals surface area contributed by atoms with Crippen LogP contribution in [0.25, 0.3) is 17.1 Å². The average molecular weight is 568 g/mol. The summed E-state index contributed by atoms with van der Waals surface area (Å²) < 4.78 is 21.9. The van der Waals surface area contributed by atoms with Crippen LogP contribution in [-0.2, 0) is 24.3 Å². The number of fused-ring (bicyclic) bond motifs is 4. The van der Waals surface area contributed by atoms with Crippen molar-refractivity contribution in [2.75, 3.05) is 19.8 Å². The number of ether oxygens (including phenoxy) is 3. The maximum absolute atomic E-state index is 11.7. The lowest BCUT2D eigenvalue weighted by molar-refractivity contribution is -0.740. The number of carboxylic acid groups (broad SMARTS) is 1. The third-order valence-electron chi connectivity index (χ3n) is 8.94. The monoisotopic (exact) mass is 567 g/mol. The van der Waals surface area contributed by atoms with E-state index in [0.717, 1.165) is 67.5 Å². The average Bonchev–Trinajstić information content (AvgIpc) is 3.68. The number of aryl methyl sites for hydroxylation is 1. The molecule has 3 aliphatic heterocycles. The molecule has 0 amide bonds. The van der Waals surface area contributed by atoms with E-state index < -0.39 is 12.2 Å². The number of rotatable bonds is 6. The zero-order valence-electron chi connectivity index (χ0n) is 24.2. The summed E-state index contributed by atoms with van der Waals surface area (Å²) >= 11 is 0.